The molecule has 1 unspecified atom stereocenters. The van der Waals surface area contributed by atoms with E-state index in [0.29, 0.717) is 12.1 Å². The molecule has 18 heavy (non-hydrogen) atoms. The number of benzene rings is 1. The van der Waals surface area contributed by atoms with Crippen LogP contribution in [-0.2, 0) is 6.54 Å². The fourth-order valence-electron chi connectivity index (χ4n) is 2.26. The van der Waals surface area contributed by atoms with Gasteiger partial charge in [-0.25, -0.2) is 8.78 Å². The molecule has 0 amide bonds. The smallest absolute Gasteiger partial charge is 0.126 e. The van der Waals surface area contributed by atoms with Crippen molar-refractivity contribution in [2.24, 2.45) is 0 Å². The van der Waals surface area contributed by atoms with Crippen molar-refractivity contribution in [1.29, 1.82) is 0 Å². The lowest BCUT2D eigenvalue weighted by Gasteiger charge is -2.36. The van der Waals surface area contributed by atoms with Gasteiger partial charge >= 0.3 is 0 Å². The van der Waals surface area contributed by atoms with Crippen LogP contribution < -0.4 is 0 Å². The van der Waals surface area contributed by atoms with Crippen LogP contribution in [0.2, 0.25) is 0 Å². The second-order valence-electron chi connectivity index (χ2n) is 4.72. The van der Waals surface area contributed by atoms with Gasteiger partial charge in [0.25, 0.3) is 0 Å². The number of hydrogen-bond acceptors (Lipinski definition) is 3. The van der Waals surface area contributed by atoms with Gasteiger partial charge in [0.05, 0.1) is 0 Å². The molecule has 1 aliphatic rings. The standard InChI is InChI=1S/C13H18F2N2S/c1-10(18)17-4-2-16(3-5-17)9-11-6-12(14)8-13(15)7-11/h6-8,10,18H,2-5,9H2,1H3. The summed E-state index contributed by atoms with van der Waals surface area (Å²) in [4.78, 5) is 4.49. The average molecular weight is 272 g/mol. The minimum atomic E-state index is -0.507. The molecule has 0 N–H and O–H groups in total. The van der Waals surface area contributed by atoms with Crippen LogP contribution in [0.4, 0.5) is 8.78 Å². The van der Waals surface area contributed by atoms with Gasteiger partial charge in [-0.15, -0.1) is 0 Å². The summed E-state index contributed by atoms with van der Waals surface area (Å²) in [5.74, 6) is -1.01. The minimum absolute atomic E-state index is 0.263. The summed E-state index contributed by atoms with van der Waals surface area (Å²) in [5.41, 5.74) is 0.694. The largest absolute Gasteiger partial charge is 0.297 e. The van der Waals surface area contributed by atoms with E-state index in [1.54, 1.807) is 0 Å². The molecule has 0 aliphatic carbocycles. The fourth-order valence-corrected chi connectivity index (χ4v) is 2.49. The van der Waals surface area contributed by atoms with Crippen LogP contribution in [0.5, 0.6) is 0 Å². The van der Waals surface area contributed by atoms with Crippen molar-refractivity contribution in [2.45, 2.75) is 18.8 Å². The van der Waals surface area contributed by atoms with Gasteiger partial charge in [-0.3, -0.25) is 9.80 Å². The van der Waals surface area contributed by atoms with Crippen molar-refractivity contribution >= 4 is 12.6 Å². The van der Waals surface area contributed by atoms with E-state index in [0.717, 1.165) is 32.2 Å². The van der Waals surface area contributed by atoms with E-state index >= 15 is 0 Å². The molecular weight excluding hydrogens is 254 g/mol. The van der Waals surface area contributed by atoms with E-state index in [1.807, 2.05) is 0 Å². The molecule has 0 aromatic heterocycles. The summed E-state index contributed by atoms with van der Waals surface area (Å²) >= 11 is 4.40. The van der Waals surface area contributed by atoms with E-state index in [-0.39, 0.29) is 5.37 Å². The Bertz CT molecular complexity index is 384. The molecule has 1 aliphatic heterocycles. The molecule has 0 spiro atoms. The third-order valence-corrected chi connectivity index (χ3v) is 3.59. The molecule has 0 radical (unpaired) electrons. The summed E-state index contributed by atoms with van der Waals surface area (Å²) in [6.45, 7) is 6.36. The maximum absolute atomic E-state index is 13.1. The van der Waals surface area contributed by atoms with Crippen LogP contribution in [-0.4, -0.2) is 41.4 Å². The first-order valence-electron chi connectivity index (χ1n) is 6.14. The molecule has 2 nitrogen and oxygen atoms in total. The molecule has 1 aromatic carbocycles. The van der Waals surface area contributed by atoms with Crippen molar-refractivity contribution in [3.63, 3.8) is 0 Å². The maximum Gasteiger partial charge on any atom is 0.126 e. The normalized spacial score (nSPS) is 20.0. The van der Waals surface area contributed by atoms with Gasteiger partial charge < -0.3 is 0 Å². The van der Waals surface area contributed by atoms with Gasteiger partial charge in [0.1, 0.15) is 11.6 Å². The Morgan fingerprint density at radius 2 is 1.67 bits per heavy atom. The predicted molar refractivity (Wildman–Crippen MR) is 71.7 cm³/mol. The highest BCUT2D eigenvalue weighted by Gasteiger charge is 2.19. The van der Waals surface area contributed by atoms with Crippen molar-refractivity contribution in [2.75, 3.05) is 26.2 Å². The maximum atomic E-state index is 13.1. The Hall–Kier alpha value is -0.650. The zero-order valence-corrected chi connectivity index (χ0v) is 11.3. The zero-order chi connectivity index (χ0) is 13.1. The van der Waals surface area contributed by atoms with E-state index in [9.17, 15) is 8.78 Å². The van der Waals surface area contributed by atoms with E-state index in [1.165, 1.54) is 12.1 Å². The van der Waals surface area contributed by atoms with Crippen LogP contribution in [0.15, 0.2) is 18.2 Å². The number of hydrogen-bond donors (Lipinski definition) is 1. The predicted octanol–water partition coefficient (Wildman–Crippen LogP) is 2.36. The van der Waals surface area contributed by atoms with Crippen LogP contribution in [0.3, 0.4) is 0 Å². The second kappa shape index (κ2) is 5.99. The lowest BCUT2D eigenvalue weighted by atomic mass is 10.2. The van der Waals surface area contributed by atoms with Gasteiger partial charge in [0.15, 0.2) is 0 Å². The molecule has 5 heteroatoms. The van der Waals surface area contributed by atoms with Gasteiger partial charge in [0.2, 0.25) is 0 Å². The third kappa shape index (κ3) is 3.67. The summed E-state index contributed by atoms with van der Waals surface area (Å²) in [6, 6.07) is 3.71. The number of rotatable bonds is 3. The molecular formula is C13H18F2N2S. The van der Waals surface area contributed by atoms with Crippen molar-refractivity contribution in [3.8, 4) is 0 Å². The van der Waals surface area contributed by atoms with Crippen LogP contribution in [0.1, 0.15) is 12.5 Å². The highest BCUT2D eigenvalue weighted by atomic mass is 32.1. The SMILES string of the molecule is CC(S)N1CCN(Cc2cc(F)cc(F)c2)CC1. The summed E-state index contributed by atoms with van der Waals surface area (Å²) in [6.07, 6.45) is 0. The van der Waals surface area contributed by atoms with Crippen LogP contribution in [0, 0.1) is 11.6 Å². The van der Waals surface area contributed by atoms with Crippen LogP contribution in [0.25, 0.3) is 0 Å². The monoisotopic (exact) mass is 272 g/mol. The zero-order valence-electron chi connectivity index (χ0n) is 10.4. The Balaban J connectivity index is 1.91. The lowest BCUT2D eigenvalue weighted by Crippen LogP contribution is -2.47. The van der Waals surface area contributed by atoms with E-state index in [2.05, 4.69) is 29.4 Å². The molecule has 1 fully saturated rings. The second-order valence-corrected chi connectivity index (χ2v) is 5.47. The fraction of sp³-hybridized carbons (Fsp3) is 0.538. The number of piperazine rings is 1. The lowest BCUT2D eigenvalue weighted by molar-refractivity contribution is 0.123. The minimum Gasteiger partial charge on any atom is -0.297 e. The molecule has 0 bridgehead atoms. The molecule has 2 rings (SSSR count). The molecule has 1 heterocycles. The number of thiol groups is 1. The highest BCUT2D eigenvalue weighted by molar-refractivity contribution is 7.80. The first kappa shape index (κ1) is 13.8. The first-order chi connectivity index (χ1) is 8.54. The molecule has 0 saturated carbocycles. The van der Waals surface area contributed by atoms with Gasteiger partial charge in [-0.05, 0) is 24.6 Å². The summed E-state index contributed by atoms with van der Waals surface area (Å²) in [7, 11) is 0. The van der Waals surface area contributed by atoms with Crippen molar-refractivity contribution in [1.82, 2.24) is 9.80 Å². The number of nitrogens with zero attached hydrogens (tertiary/aromatic N) is 2. The van der Waals surface area contributed by atoms with Gasteiger partial charge in [-0.2, -0.15) is 12.6 Å². The van der Waals surface area contributed by atoms with E-state index < -0.39 is 11.6 Å². The van der Waals surface area contributed by atoms with Gasteiger partial charge in [-0.1, -0.05) is 0 Å². The molecule has 1 aromatic rings. The first-order valence-corrected chi connectivity index (χ1v) is 6.65. The third-order valence-electron chi connectivity index (χ3n) is 3.26. The van der Waals surface area contributed by atoms with Crippen LogP contribution >= 0.6 is 12.6 Å². The molecule has 1 atom stereocenters. The quantitative estimate of drug-likeness (QED) is 0.844. The summed E-state index contributed by atoms with van der Waals surface area (Å²) < 4.78 is 26.1. The Labute approximate surface area is 112 Å². The van der Waals surface area contributed by atoms with E-state index in [4.69, 9.17) is 0 Å². The van der Waals surface area contributed by atoms with Gasteiger partial charge in [0, 0.05) is 44.2 Å². The highest BCUT2D eigenvalue weighted by Crippen LogP contribution is 2.14. The molecule has 1 saturated heterocycles. The Morgan fingerprint density at radius 1 is 1.11 bits per heavy atom. The number of halogens is 2. The topological polar surface area (TPSA) is 6.48 Å². The van der Waals surface area contributed by atoms with Crippen molar-refractivity contribution in [3.05, 3.63) is 35.4 Å². The summed E-state index contributed by atoms with van der Waals surface area (Å²) in [5, 5.41) is 0.263. The van der Waals surface area contributed by atoms with Crippen molar-refractivity contribution < 1.29 is 8.78 Å². The average Bonchev–Trinajstić information content (AvgIpc) is 2.28. The Morgan fingerprint density at radius 3 is 2.17 bits per heavy atom. The Kier molecular flexibility index (Phi) is 4.59. The molecule has 100 valence electrons.